The molecule has 3 rings (SSSR count). The third kappa shape index (κ3) is 4.95. The second kappa shape index (κ2) is 8.52. The smallest absolute Gasteiger partial charge is 0.324 e. The number of ether oxygens (including phenoxy) is 2. The molecule has 1 aliphatic heterocycles. The highest BCUT2D eigenvalue weighted by Crippen LogP contribution is 2.31. The van der Waals surface area contributed by atoms with Crippen LogP contribution < -0.4 is 4.74 Å². The molecule has 1 saturated heterocycles. The molecule has 29 heavy (non-hydrogen) atoms. The summed E-state index contributed by atoms with van der Waals surface area (Å²) in [6.45, 7) is 1.75. The molecule has 0 bridgehead atoms. The minimum atomic E-state index is -4.00. The molecule has 2 aromatic carbocycles. The number of carbonyl (C=O) groups excluding carboxylic acids is 1. The summed E-state index contributed by atoms with van der Waals surface area (Å²) >= 11 is 0. The maximum Gasteiger partial charge on any atom is 0.324 e. The molecular formula is C21H25NO6S. The largest absolute Gasteiger partial charge is 0.489 e. The van der Waals surface area contributed by atoms with Crippen LogP contribution in [0.15, 0.2) is 59.5 Å². The molecule has 156 valence electrons. The van der Waals surface area contributed by atoms with Gasteiger partial charge < -0.3 is 14.6 Å². The maximum atomic E-state index is 13.2. The van der Waals surface area contributed by atoms with Crippen molar-refractivity contribution in [1.82, 2.24) is 4.31 Å². The van der Waals surface area contributed by atoms with Crippen LogP contribution in [0, 0.1) is 0 Å². The van der Waals surface area contributed by atoms with Crippen LogP contribution in [0.2, 0.25) is 0 Å². The fourth-order valence-corrected chi connectivity index (χ4v) is 5.05. The van der Waals surface area contributed by atoms with Crippen molar-refractivity contribution in [3.05, 3.63) is 60.2 Å². The molecule has 2 unspecified atom stereocenters. The highest BCUT2D eigenvalue weighted by molar-refractivity contribution is 7.89. The van der Waals surface area contributed by atoms with E-state index in [2.05, 4.69) is 0 Å². The van der Waals surface area contributed by atoms with E-state index in [4.69, 9.17) is 9.47 Å². The first-order valence-corrected chi connectivity index (χ1v) is 10.8. The average Bonchev–Trinajstić information content (AvgIpc) is 2.72. The molecule has 0 spiro atoms. The van der Waals surface area contributed by atoms with Gasteiger partial charge in [-0.1, -0.05) is 30.3 Å². The van der Waals surface area contributed by atoms with Gasteiger partial charge in [-0.05, 0) is 49.6 Å². The average molecular weight is 419 g/mol. The van der Waals surface area contributed by atoms with Gasteiger partial charge >= 0.3 is 5.97 Å². The summed E-state index contributed by atoms with van der Waals surface area (Å²) in [6.07, 6.45) is 0.502. The number of nitrogens with zero attached hydrogens (tertiary/aromatic N) is 1. The van der Waals surface area contributed by atoms with Crippen LogP contribution in [0.25, 0.3) is 0 Å². The van der Waals surface area contributed by atoms with Crippen LogP contribution in [-0.2, 0) is 26.2 Å². The lowest BCUT2D eigenvalue weighted by Gasteiger charge is -2.40. The van der Waals surface area contributed by atoms with Crippen molar-refractivity contribution in [1.29, 1.82) is 0 Å². The Balaban J connectivity index is 1.79. The van der Waals surface area contributed by atoms with Gasteiger partial charge in [0.15, 0.2) is 0 Å². The summed E-state index contributed by atoms with van der Waals surface area (Å²) in [5, 5.41) is 10.4. The number of β-amino-alcohol motifs (C(OH)–C–C–N with tert-alkyl or cyclic N) is 1. The van der Waals surface area contributed by atoms with Gasteiger partial charge in [0.2, 0.25) is 10.0 Å². The first-order chi connectivity index (χ1) is 13.7. The van der Waals surface area contributed by atoms with E-state index in [-0.39, 0.29) is 17.9 Å². The summed E-state index contributed by atoms with van der Waals surface area (Å²) in [5.41, 5.74) is -0.211. The lowest BCUT2D eigenvalue weighted by Crippen LogP contribution is -2.56. The molecule has 2 atom stereocenters. The molecule has 1 N–H and O–H groups in total. The van der Waals surface area contributed by atoms with Gasteiger partial charge in [-0.3, -0.25) is 4.79 Å². The molecule has 8 heteroatoms. The Morgan fingerprint density at radius 1 is 1.17 bits per heavy atom. The second-order valence-electron chi connectivity index (χ2n) is 7.37. The van der Waals surface area contributed by atoms with Gasteiger partial charge in [-0.25, -0.2) is 8.42 Å². The molecule has 2 aromatic rings. The lowest BCUT2D eigenvalue weighted by atomic mass is 9.92. The Bertz CT molecular complexity index is 941. The van der Waals surface area contributed by atoms with Gasteiger partial charge in [0, 0.05) is 6.54 Å². The van der Waals surface area contributed by atoms with Crippen LogP contribution in [-0.4, -0.2) is 49.1 Å². The van der Waals surface area contributed by atoms with Gasteiger partial charge in [-0.2, -0.15) is 4.31 Å². The zero-order chi connectivity index (χ0) is 21.1. The summed E-state index contributed by atoms with van der Waals surface area (Å²) < 4.78 is 37.8. The lowest BCUT2D eigenvalue weighted by molar-refractivity contribution is -0.148. The summed E-state index contributed by atoms with van der Waals surface area (Å²) in [7, 11) is -2.78. The van der Waals surface area contributed by atoms with Crippen molar-refractivity contribution in [3.63, 3.8) is 0 Å². The number of sulfonamides is 1. The zero-order valence-corrected chi connectivity index (χ0v) is 17.3. The van der Waals surface area contributed by atoms with Crippen LogP contribution in [0.1, 0.15) is 25.3 Å². The first-order valence-electron chi connectivity index (χ1n) is 9.32. The van der Waals surface area contributed by atoms with Crippen molar-refractivity contribution >= 4 is 16.0 Å². The third-order valence-electron chi connectivity index (χ3n) is 4.95. The molecule has 0 aromatic heterocycles. The molecule has 1 fully saturated rings. The number of esters is 1. The van der Waals surface area contributed by atoms with Gasteiger partial charge in [0.25, 0.3) is 0 Å². The third-order valence-corrected chi connectivity index (χ3v) is 6.82. The quantitative estimate of drug-likeness (QED) is 0.723. The second-order valence-corrected chi connectivity index (χ2v) is 9.26. The number of aliphatic hydroxyl groups is 1. The minimum Gasteiger partial charge on any atom is -0.489 e. The molecule has 0 saturated carbocycles. The molecular weight excluding hydrogens is 394 g/mol. The van der Waals surface area contributed by atoms with Crippen LogP contribution in [0.5, 0.6) is 5.75 Å². The fourth-order valence-electron chi connectivity index (χ4n) is 3.32. The van der Waals surface area contributed by atoms with E-state index < -0.39 is 27.6 Å². The maximum absolute atomic E-state index is 13.2. The number of methoxy groups -OCH3 is 1. The van der Waals surface area contributed by atoms with E-state index in [9.17, 15) is 18.3 Å². The Labute approximate surface area is 170 Å². The zero-order valence-electron chi connectivity index (χ0n) is 16.4. The SMILES string of the molecule is COC(=O)C1CCC(C)(O)CN1S(=O)(=O)c1ccc(OCc2ccccc2)cc1. The fraction of sp³-hybridized carbons (Fsp3) is 0.381. The van der Waals surface area contributed by atoms with Crippen molar-refractivity contribution < 1.29 is 27.8 Å². The van der Waals surface area contributed by atoms with E-state index in [1.807, 2.05) is 30.3 Å². The van der Waals surface area contributed by atoms with Crippen LogP contribution >= 0.6 is 0 Å². The van der Waals surface area contributed by atoms with E-state index in [0.717, 1.165) is 9.87 Å². The number of carbonyl (C=O) groups is 1. The van der Waals surface area contributed by atoms with Gasteiger partial charge in [0.1, 0.15) is 18.4 Å². The number of hydrogen-bond acceptors (Lipinski definition) is 6. The Morgan fingerprint density at radius 3 is 2.45 bits per heavy atom. The Morgan fingerprint density at radius 2 is 1.83 bits per heavy atom. The van der Waals surface area contributed by atoms with E-state index in [0.29, 0.717) is 18.8 Å². The van der Waals surface area contributed by atoms with Crippen molar-refractivity contribution in [2.75, 3.05) is 13.7 Å². The first kappa shape index (κ1) is 21.3. The number of rotatable bonds is 6. The Kier molecular flexibility index (Phi) is 6.26. The van der Waals surface area contributed by atoms with Crippen molar-refractivity contribution in [2.45, 2.75) is 42.9 Å². The normalized spacial score (nSPS) is 22.8. The number of benzene rings is 2. The number of hydrogen-bond donors (Lipinski definition) is 1. The highest BCUT2D eigenvalue weighted by Gasteiger charge is 2.45. The van der Waals surface area contributed by atoms with Gasteiger partial charge in [-0.15, -0.1) is 0 Å². The predicted octanol–water partition coefficient (Wildman–Crippen LogP) is 2.34. The molecule has 1 heterocycles. The summed E-state index contributed by atoms with van der Waals surface area (Å²) in [4.78, 5) is 12.1. The summed E-state index contributed by atoms with van der Waals surface area (Å²) in [5.74, 6) is -0.102. The summed E-state index contributed by atoms with van der Waals surface area (Å²) in [6, 6.07) is 14.7. The monoisotopic (exact) mass is 419 g/mol. The van der Waals surface area contributed by atoms with Crippen LogP contribution in [0.3, 0.4) is 0 Å². The van der Waals surface area contributed by atoms with Gasteiger partial charge in [0.05, 0.1) is 17.6 Å². The van der Waals surface area contributed by atoms with E-state index in [1.54, 1.807) is 19.1 Å². The molecule has 0 amide bonds. The van der Waals surface area contributed by atoms with Crippen LogP contribution in [0.4, 0.5) is 0 Å². The van der Waals surface area contributed by atoms with Crippen molar-refractivity contribution in [2.24, 2.45) is 0 Å². The minimum absolute atomic E-state index is 0.0242. The van der Waals surface area contributed by atoms with E-state index in [1.165, 1.54) is 19.2 Å². The van der Waals surface area contributed by atoms with Crippen molar-refractivity contribution in [3.8, 4) is 5.75 Å². The topological polar surface area (TPSA) is 93.1 Å². The molecule has 0 aliphatic carbocycles. The molecule has 7 nitrogen and oxygen atoms in total. The molecule has 0 radical (unpaired) electrons. The molecule has 1 aliphatic rings. The number of piperidine rings is 1. The highest BCUT2D eigenvalue weighted by atomic mass is 32.2. The predicted molar refractivity (Wildman–Crippen MR) is 107 cm³/mol. The van der Waals surface area contributed by atoms with E-state index >= 15 is 0 Å². The Hall–Kier alpha value is -2.42. The standard InChI is InChI=1S/C21H25NO6S/c1-21(24)13-12-19(20(23)27-2)22(15-21)29(25,26)18-10-8-17(9-11-18)28-14-16-6-4-3-5-7-16/h3-11,19,24H,12-15H2,1-2H3.